The molecule has 0 spiro atoms. The number of fused-ring (bicyclic) bond motifs is 1. The number of hydrogen-bond donors (Lipinski definition) is 2. The lowest BCUT2D eigenvalue weighted by Crippen LogP contribution is -2.30. The van der Waals surface area contributed by atoms with Crippen LogP contribution >= 0.6 is 0 Å². The minimum absolute atomic E-state index is 0.0639. The van der Waals surface area contributed by atoms with E-state index < -0.39 is 11.2 Å². The number of nitrogens with one attached hydrogen (secondary N) is 2. The largest absolute Gasteiger partial charge is 0.490 e. The van der Waals surface area contributed by atoms with Crippen molar-refractivity contribution < 1.29 is 9.53 Å². The van der Waals surface area contributed by atoms with Crippen molar-refractivity contribution in [1.29, 1.82) is 0 Å². The van der Waals surface area contributed by atoms with Crippen LogP contribution in [0.15, 0.2) is 46.1 Å². The zero-order chi connectivity index (χ0) is 20.7. The number of anilines is 1. The minimum Gasteiger partial charge on any atom is -0.490 e. The Kier molecular flexibility index (Phi) is 4.61. The van der Waals surface area contributed by atoms with Crippen LogP contribution < -0.4 is 21.3 Å². The maximum atomic E-state index is 12.7. The van der Waals surface area contributed by atoms with Crippen molar-refractivity contribution in [3.8, 4) is 5.75 Å². The summed E-state index contributed by atoms with van der Waals surface area (Å²) in [5, 5.41) is 3.04. The molecule has 8 heteroatoms. The fraction of sp³-hybridized carbons (Fsp3) is 0.364. The summed E-state index contributed by atoms with van der Waals surface area (Å²) in [6.45, 7) is 0. The van der Waals surface area contributed by atoms with E-state index in [1.165, 1.54) is 29.7 Å². The van der Waals surface area contributed by atoms with Crippen LogP contribution in [0.5, 0.6) is 5.75 Å². The summed E-state index contributed by atoms with van der Waals surface area (Å²) in [6, 6.07) is 8.79. The molecule has 2 saturated carbocycles. The van der Waals surface area contributed by atoms with Crippen LogP contribution in [0.1, 0.15) is 54.9 Å². The van der Waals surface area contributed by atoms with Crippen molar-refractivity contribution in [3.05, 3.63) is 62.9 Å². The van der Waals surface area contributed by atoms with E-state index in [1.54, 1.807) is 12.1 Å². The molecule has 2 heterocycles. The Morgan fingerprint density at radius 3 is 2.53 bits per heavy atom. The summed E-state index contributed by atoms with van der Waals surface area (Å²) in [7, 11) is 0. The standard InChI is InChI=1S/C22H22N4O4/c27-20(24-14-5-9-17(10-6-14)30-16-3-1-2-4-16)13-11-18-19(23-12-13)26(15-7-8-15)22(29)25-21(18)28/h5-6,9-12,15-16H,1-4,7-8H2,(H,24,27)(H,25,28,29). The van der Waals surface area contributed by atoms with Crippen LogP contribution in [0.25, 0.3) is 11.0 Å². The number of H-pyrrole nitrogens is 1. The van der Waals surface area contributed by atoms with Crippen LogP contribution in [-0.2, 0) is 0 Å². The molecule has 1 aromatic carbocycles. The van der Waals surface area contributed by atoms with E-state index >= 15 is 0 Å². The molecule has 30 heavy (non-hydrogen) atoms. The summed E-state index contributed by atoms with van der Waals surface area (Å²) >= 11 is 0. The van der Waals surface area contributed by atoms with Gasteiger partial charge in [-0.2, -0.15) is 0 Å². The highest BCUT2D eigenvalue weighted by atomic mass is 16.5. The minimum atomic E-state index is -0.539. The first kappa shape index (κ1) is 18.6. The number of nitrogens with zero attached hydrogens (tertiary/aromatic N) is 2. The monoisotopic (exact) mass is 406 g/mol. The van der Waals surface area contributed by atoms with Gasteiger partial charge in [0.2, 0.25) is 0 Å². The second kappa shape index (κ2) is 7.44. The van der Waals surface area contributed by atoms with E-state index in [4.69, 9.17) is 4.74 Å². The Morgan fingerprint density at radius 1 is 1.10 bits per heavy atom. The molecule has 5 rings (SSSR count). The average Bonchev–Trinajstić information content (AvgIpc) is 3.44. The predicted octanol–water partition coefficient (Wildman–Crippen LogP) is 2.99. The number of amides is 1. The van der Waals surface area contributed by atoms with Crippen molar-refractivity contribution in [2.75, 3.05) is 5.32 Å². The van der Waals surface area contributed by atoms with Gasteiger partial charge >= 0.3 is 5.69 Å². The average molecular weight is 406 g/mol. The summed E-state index contributed by atoms with van der Waals surface area (Å²) in [5.41, 5.74) is 0.189. The second-order valence-electron chi connectivity index (χ2n) is 7.96. The first-order chi connectivity index (χ1) is 14.6. The molecule has 2 aliphatic rings. The number of aromatic amines is 1. The highest BCUT2D eigenvalue weighted by molar-refractivity contribution is 6.05. The Balaban J connectivity index is 1.36. The van der Waals surface area contributed by atoms with Crippen LogP contribution in [0, 0.1) is 0 Å². The number of benzene rings is 1. The number of ether oxygens (including phenoxy) is 1. The predicted molar refractivity (Wildman–Crippen MR) is 112 cm³/mol. The van der Waals surface area contributed by atoms with Crippen LogP contribution in [0.3, 0.4) is 0 Å². The van der Waals surface area contributed by atoms with Gasteiger partial charge in [-0.05, 0) is 68.9 Å². The molecule has 0 saturated heterocycles. The van der Waals surface area contributed by atoms with Crippen molar-refractivity contribution in [3.63, 3.8) is 0 Å². The number of aromatic nitrogens is 3. The molecule has 3 aromatic rings. The van der Waals surface area contributed by atoms with E-state index in [2.05, 4.69) is 15.3 Å². The van der Waals surface area contributed by atoms with Crippen LogP contribution in [0.4, 0.5) is 5.69 Å². The fourth-order valence-corrected chi connectivity index (χ4v) is 3.95. The van der Waals surface area contributed by atoms with E-state index in [0.717, 1.165) is 31.4 Å². The fourth-order valence-electron chi connectivity index (χ4n) is 3.95. The van der Waals surface area contributed by atoms with Crippen molar-refractivity contribution in [2.45, 2.75) is 50.7 Å². The van der Waals surface area contributed by atoms with Crippen molar-refractivity contribution in [2.24, 2.45) is 0 Å². The van der Waals surface area contributed by atoms with E-state index in [9.17, 15) is 14.4 Å². The first-order valence-electron chi connectivity index (χ1n) is 10.3. The normalized spacial score (nSPS) is 16.7. The van der Waals surface area contributed by atoms with Gasteiger partial charge in [0.05, 0.1) is 17.1 Å². The first-order valence-corrected chi connectivity index (χ1v) is 10.3. The third-order valence-corrected chi connectivity index (χ3v) is 5.67. The molecular weight excluding hydrogens is 384 g/mol. The Bertz CT molecular complexity index is 1220. The molecule has 0 aliphatic heterocycles. The van der Waals surface area contributed by atoms with Gasteiger partial charge in [0, 0.05) is 17.9 Å². The van der Waals surface area contributed by atoms with Gasteiger partial charge in [-0.1, -0.05) is 0 Å². The maximum Gasteiger partial charge on any atom is 0.330 e. The molecule has 2 aromatic heterocycles. The molecule has 2 aliphatic carbocycles. The lowest BCUT2D eigenvalue weighted by Gasteiger charge is -2.13. The van der Waals surface area contributed by atoms with Gasteiger partial charge in [0.15, 0.2) is 0 Å². The van der Waals surface area contributed by atoms with Crippen LogP contribution in [0.2, 0.25) is 0 Å². The smallest absolute Gasteiger partial charge is 0.330 e. The number of carbonyl (C=O) groups is 1. The van der Waals surface area contributed by atoms with Gasteiger partial charge in [0.1, 0.15) is 11.4 Å². The van der Waals surface area contributed by atoms with E-state index in [-0.39, 0.29) is 29.0 Å². The zero-order valence-corrected chi connectivity index (χ0v) is 16.4. The topological polar surface area (TPSA) is 106 Å². The SMILES string of the molecule is O=C(Nc1ccc(OC2CCCC2)cc1)c1cnc2c(c1)c(=O)[nH]c(=O)n2C1CC1. The molecule has 0 bridgehead atoms. The van der Waals surface area contributed by atoms with Crippen LogP contribution in [-0.4, -0.2) is 26.5 Å². The van der Waals surface area contributed by atoms with Gasteiger partial charge in [-0.3, -0.25) is 19.1 Å². The maximum absolute atomic E-state index is 12.7. The van der Waals surface area contributed by atoms with Gasteiger partial charge in [-0.25, -0.2) is 9.78 Å². The summed E-state index contributed by atoms with van der Waals surface area (Å²) in [5.74, 6) is 0.411. The highest BCUT2D eigenvalue weighted by Gasteiger charge is 2.27. The lowest BCUT2D eigenvalue weighted by atomic mass is 10.2. The second-order valence-corrected chi connectivity index (χ2v) is 7.96. The van der Waals surface area contributed by atoms with Crippen molar-refractivity contribution in [1.82, 2.24) is 14.5 Å². The zero-order valence-electron chi connectivity index (χ0n) is 16.4. The molecule has 0 atom stereocenters. The number of pyridine rings is 1. The molecule has 0 radical (unpaired) electrons. The summed E-state index contributed by atoms with van der Waals surface area (Å²) in [6.07, 6.45) is 8.02. The van der Waals surface area contributed by atoms with Crippen molar-refractivity contribution >= 4 is 22.6 Å². The quantitative estimate of drug-likeness (QED) is 0.678. The van der Waals surface area contributed by atoms with Gasteiger partial charge in [0.25, 0.3) is 11.5 Å². The Labute approximate surface area is 171 Å². The lowest BCUT2D eigenvalue weighted by molar-refractivity contribution is 0.102. The Morgan fingerprint density at radius 2 is 1.83 bits per heavy atom. The molecule has 2 fully saturated rings. The molecule has 1 amide bonds. The molecule has 154 valence electrons. The highest BCUT2D eigenvalue weighted by Crippen LogP contribution is 2.34. The summed E-state index contributed by atoms with van der Waals surface area (Å²) < 4.78 is 7.44. The van der Waals surface area contributed by atoms with E-state index in [0.29, 0.717) is 11.3 Å². The number of rotatable bonds is 5. The third-order valence-electron chi connectivity index (χ3n) is 5.67. The van der Waals surface area contributed by atoms with Gasteiger partial charge in [-0.15, -0.1) is 0 Å². The number of carbonyl (C=O) groups excluding carboxylic acids is 1. The summed E-state index contributed by atoms with van der Waals surface area (Å²) in [4.78, 5) is 43.6. The molecule has 8 nitrogen and oxygen atoms in total. The molecule has 2 N–H and O–H groups in total. The molecule has 0 unspecified atom stereocenters. The Hall–Kier alpha value is -3.42. The van der Waals surface area contributed by atoms with Gasteiger partial charge < -0.3 is 10.1 Å². The van der Waals surface area contributed by atoms with E-state index in [1.807, 2.05) is 12.1 Å². The molecular formula is C22H22N4O4. The third kappa shape index (κ3) is 3.60. The number of hydrogen-bond acceptors (Lipinski definition) is 5.